The topological polar surface area (TPSA) is 43.4 Å². The number of anilines is 1. The Hall–Kier alpha value is -2.23. The van der Waals surface area contributed by atoms with Gasteiger partial charge in [0.15, 0.2) is 0 Å². The third-order valence-electron chi connectivity index (χ3n) is 4.03. The molecule has 4 nitrogen and oxygen atoms in total. The Kier molecular flexibility index (Phi) is 3.95. The fourth-order valence-corrected chi connectivity index (χ4v) is 2.82. The molecule has 0 unspecified atom stereocenters. The number of nitrogens with zero attached hydrogens (tertiary/aromatic N) is 1. The first-order valence-corrected chi connectivity index (χ1v) is 7.19. The lowest BCUT2D eigenvalue weighted by Gasteiger charge is -2.37. The van der Waals surface area contributed by atoms with Crippen molar-refractivity contribution in [1.29, 1.82) is 0 Å². The van der Waals surface area contributed by atoms with E-state index >= 15 is 0 Å². The monoisotopic (exact) mass is 284 g/mol. The van der Waals surface area contributed by atoms with E-state index in [4.69, 9.17) is 9.47 Å². The second-order valence-corrected chi connectivity index (χ2v) is 5.34. The molecule has 3 rings (SSSR count). The molecule has 1 saturated carbocycles. The summed E-state index contributed by atoms with van der Waals surface area (Å²) in [5.41, 5.74) is 2.35. The van der Waals surface area contributed by atoms with Gasteiger partial charge in [-0.2, -0.15) is 0 Å². The van der Waals surface area contributed by atoms with Gasteiger partial charge in [-0.25, -0.2) is 4.98 Å². The molecule has 110 valence electrons. The smallest absolute Gasteiger partial charge is 0.213 e. The highest BCUT2D eigenvalue weighted by Crippen LogP contribution is 2.42. The van der Waals surface area contributed by atoms with Gasteiger partial charge >= 0.3 is 0 Å². The van der Waals surface area contributed by atoms with Crippen LogP contribution in [0.2, 0.25) is 0 Å². The molecule has 1 aliphatic rings. The Balaban J connectivity index is 1.58. The summed E-state index contributed by atoms with van der Waals surface area (Å²) in [6.07, 6.45) is 4.05. The van der Waals surface area contributed by atoms with Crippen molar-refractivity contribution in [3.63, 3.8) is 0 Å². The van der Waals surface area contributed by atoms with Crippen LogP contribution < -0.4 is 14.8 Å². The van der Waals surface area contributed by atoms with Crippen molar-refractivity contribution in [2.24, 2.45) is 0 Å². The van der Waals surface area contributed by atoms with E-state index < -0.39 is 0 Å². The van der Waals surface area contributed by atoms with Crippen LogP contribution in [0.4, 0.5) is 5.69 Å². The van der Waals surface area contributed by atoms with E-state index in [9.17, 15) is 0 Å². The largest absolute Gasteiger partial charge is 0.496 e. The Bertz CT molecular complexity index is 592. The van der Waals surface area contributed by atoms with Crippen molar-refractivity contribution in [1.82, 2.24) is 4.98 Å². The highest BCUT2D eigenvalue weighted by molar-refractivity contribution is 5.45. The molecule has 0 bridgehead atoms. The van der Waals surface area contributed by atoms with Gasteiger partial charge in [0.1, 0.15) is 5.75 Å². The molecule has 0 saturated heterocycles. The first kappa shape index (κ1) is 13.7. The third kappa shape index (κ3) is 2.94. The van der Waals surface area contributed by atoms with Crippen molar-refractivity contribution in [2.45, 2.75) is 24.8 Å². The van der Waals surface area contributed by atoms with Gasteiger partial charge < -0.3 is 14.8 Å². The van der Waals surface area contributed by atoms with E-state index in [0.717, 1.165) is 24.3 Å². The minimum absolute atomic E-state index is 0.495. The molecule has 1 aromatic heterocycles. The molecule has 1 N–H and O–H groups in total. The van der Waals surface area contributed by atoms with Crippen LogP contribution in [0.25, 0.3) is 0 Å². The minimum Gasteiger partial charge on any atom is -0.496 e. The third-order valence-corrected chi connectivity index (χ3v) is 4.03. The first-order chi connectivity index (χ1) is 10.3. The number of hydrogen-bond acceptors (Lipinski definition) is 4. The molecule has 4 heteroatoms. The van der Waals surface area contributed by atoms with Crippen LogP contribution in [0, 0.1) is 0 Å². The Morgan fingerprint density at radius 2 is 1.86 bits per heavy atom. The molecule has 1 heterocycles. The maximum atomic E-state index is 5.44. The van der Waals surface area contributed by atoms with Crippen LogP contribution in [0.15, 0.2) is 42.6 Å². The van der Waals surface area contributed by atoms with Gasteiger partial charge in [0.25, 0.3) is 0 Å². The molecule has 0 amide bonds. The number of benzene rings is 1. The van der Waals surface area contributed by atoms with Crippen molar-refractivity contribution >= 4 is 5.69 Å². The number of hydrogen-bond donors (Lipinski definition) is 1. The zero-order valence-corrected chi connectivity index (χ0v) is 12.4. The molecule has 1 fully saturated rings. The average molecular weight is 284 g/mol. The number of nitrogens with one attached hydrogen (secondary N) is 1. The van der Waals surface area contributed by atoms with Crippen LogP contribution in [0.3, 0.4) is 0 Å². The number of pyridine rings is 1. The van der Waals surface area contributed by atoms with Gasteiger partial charge in [-0.3, -0.25) is 0 Å². The van der Waals surface area contributed by atoms with E-state index in [1.165, 1.54) is 5.56 Å². The van der Waals surface area contributed by atoms with Gasteiger partial charge in [0.2, 0.25) is 5.88 Å². The Morgan fingerprint density at radius 1 is 1.05 bits per heavy atom. The van der Waals surface area contributed by atoms with Crippen molar-refractivity contribution in [2.75, 3.05) is 19.5 Å². The normalized spacial score (nSPS) is 20.5. The SMILES string of the molecule is COc1ccc(NC2CC(c3ccccc3OC)C2)cn1. The number of aromatic nitrogens is 1. The molecular weight excluding hydrogens is 264 g/mol. The Morgan fingerprint density at radius 3 is 2.52 bits per heavy atom. The molecule has 1 aliphatic carbocycles. The highest BCUT2D eigenvalue weighted by atomic mass is 16.5. The first-order valence-electron chi connectivity index (χ1n) is 7.19. The van der Waals surface area contributed by atoms with E-state index in [-0.39, 0.29) is 0 Å². The lowest BCUT2D eigenvalue weighted by atomic mass is 9.75. The Labute approximate surface area is 125 Å². The summed E-state index contributed by atoms with van der Waals surface area (Å²) < 4.78 is 10.5. The van der Waals surface area contributed by atoms with Crippen molar-refractivity contribution in [3.05, 3.63) is 48.2 Å². The summed E-state index contributed by atoms with van der Waals surface area (Å²) in [5, 5.41) is 3.51. The molecular formula is C17H20N2O2. The molecule has 1 aromatic carbocycles. The molecule has 0 radical (unpaired) electrons. The lowest BCUT2D eigenvalue weighted by molar-refractivity contribution is 0.349. The van der Waals surface area contributed by atoms with E-state index in [2.05, 4.69) is 22.4 Å². The van der Waals surface area contributed by atoms with Gasteiger partial charge in [0, 0.05) is 12.1 Å². The van der Waals surface area contributed by atoms with Gasteiger partial charge in [-0.15, -0.1) is 0 Å². The average Bonchev–Trinajstić information content (AvgIpc) is 2.51. The van der Waals surface area contributed by atoms with Crippen molar-refractivity contribution < 1.29 is 9.47 Å². The minimum atomic E-state index is 0.495. The van der Waals surface area contributed by atoms with Crippen LogP contribution in [0.5, 0.6) is 11.6 Å². The van der Waals surface area contributed by atoms with Crippen LogP contribution in [-0.2, 0) is 0 Å². The predicted molar refractivity (Wildman–Crippen MR) is 83.2 cm³/mol. The molecule has 2 aromatic rings. The van der Waals surface area contributed by atoms with Gasteiger partial charge in [0.05, 0.1) is 26.1 Å². The summed E-state index contributed by atoms with van der Waals surface area (Å²) in [6, 6.07) is 12.7. The second kappa shape index (κ2) is 6.04. The molecule has 21 heavy (non-hydrogen) atoms. The summed E-state index contributed by atoms with van der Waals surface area (Å²) in [5.74, 6) is 2.21. The number of rotatable bonds is 5. The summed E-state index contributed by atoms with van der Waals surface area (Å²) >= 11 is 0. The number of methoxy groups -OCH3 is 2. The molecule has 0 atom stereocenters. The zero-order chi connectivity index (χ0) is 14.7. The lowest BCUT2D eigenvalue weighted by Crippen LogP contribution is -2.34. The highest BCUT2D eigenvalue weighted by Gasteiger charge is 2.31. The predicted octanol–water partition coefficient (Wildman–Crippen LogP) is 3.46. The van der Waals surface area contributed by atoms with E-state index in [1.807, 2.05) is 30.5 Å². The van der Waals surface area contributed by atoms with Crippen LogP contribution in [0.1, 0.15) is 24.3 Å². The van der Waals surface area contributed by atoms with Gasteiger partial charge in [-0.05, 0) is 36.5 Å². The maximum absolute atomic E-state index is 5.44. The van der Waals surface area contributed by atoms with Gasteiger partial charge in [-0.1, -0.05) is 18.2 Å². The molecule has 0 spiro atoms. The van der Waals surface area contributed by atoms with E-state index in [0.29, 0.717) is 17.8 Å². The fourth-order valence-electron chi connectivity index (χ4n) is 2.82. The maximum Gasteiger partial charge on any atom is 0.213 e. The summed E-state index contributed by atoms with van der Waals surface area (Å²) in [4.78, 5) is 4.21. The quantitative estimate of drug-likeness (QED) is 0.913. The zero-order valence-electron chi connectivity index (χ0n) is 12.4. The fraction of sp³-hybridized carbons (Fsp3) is 0.353. The molecule has 0 aliphatic heterocycles. The summed E-state index contributed by atoms with van der Waals surface area (Å²) in [7, 11) is 3.36. The number of ether oxygens (including phenoxy) is 2. The second-order valence-electron chi connectivity index (χ2n) is 5.34. The van der Waals surface area contributed by atoms with E-state index in [1.54, 1.807) is 14.2 Å². The summed E-state index contributed by atoms with van der Waals surface area (Å²) in [6.45, 7) is 0. The van der Waals surface area contributed by atoms with Crippen LogP contribution >= 0.6 is 0 Å². The van der Waals surface area contributed by atoms with Crippen LogP contribution in [-0.4, -0.2) is 25.2 Å². The van der Waals surface area contributed by atoms with Crippen molar-refractivity contribution in [3.8, 4) is 11.6 Å². The number of para-hydroxylation sites is 1. The standard InChI is InChI=1S/C17H20N2O2/c1-20-16-6-4-3-5-15(16)12-9-14(10-12)19-13-7-8-17(21-2)18-11-13/h3-8,11-12,14,19H,9-10H2,1-2H3.